The van der Waals surface area contributed by atoms with Gasteiger partial charge in [-0.25, -0.2) is 102 Å². The van der Waals surface area contributed by atoms with Crippen LogP contribution in [0, 0.1) is 20.8 Å². The van der Waals surface area contributed by atoms with Crippen LogP contribution in [0.3, 0.4) is 0 Å². The van der Waals surface area contributed by atoms with Crippen molar-refractivity contribution in [2.45, 2.75) is 90.0 Å². The van der Waals surface area contributed by atoms with Gasteiger partial charge in [0.1, 0.15) is 76.0 Å². The molecule has 16 aromatic rings. The number of sulfonamides is 4. The number of aromatic amines is 6. The number of para-hydroxylation sites is 3. The predicted octanol–water partition coefficient (Wildman–Crippen LogP) is 8.94. The summed E-state index contributed by atoms with van der Waals surface area (Å²) >= 11 is 0. The molecule has 134 heavy (non-hydrogen) atoms. The second kappa shape index (κ2) is 38.8. The van der Waals surface area contributed by atoms with Gasteiger partial charge >= 0.3 is 0 Å². The zero-order valence-electron chi connectivity index (χ0n) is 71.9. The molecular weight excluding hydrogens is 1970 g/mol. The fourth-order valence-corrected chi connectivity index (χ4v) is 20.8. The van der Waals surface area contributed by atoms with E-state index in [1.165, 1.54) is 107 Å². The number of ether oxygens (including phenoxy) is 2. The lowest BCUT2D eigenvalue weighted by molar-refractivity contribution is 0.412. The summed E-state index contributed by atoms with van der Waals surface area (Å²) in [7, 11) is -34.8. The third-order valence-electron chi connectivity index (χ3n) is 19.1. The summed E-state index contributed by atoms with van der Waals surface area (Å²) in [6, 6.07) is 46.8. The molecule has 16 rings (SSSR count). The fourth-order valence-electron chi connectivity index (χ4n) is 12.3. The summed E-state index contributed by atoms with van der Waals surface area (Å²) in [5.41, 5.74) is 7.92. The van der Waals surface area contributed by atoms with Gasteiger partial charge in [-0.2, -0.15) is 4.31 Å². The minimum atomic E-state index is -4.14. The summed E-state index contributed by atoms with van der Waals surface area (Å²) in [5.74, 6) is 19.8. The van der Waals surface area contributed by atoms with E-state index >= 15 is 0 Å². The summed E-state index contributed by atoms with van der Waals surface area (Å²) in [4.78, 5) is 52.6. The number of sulfone groups is 1. The molecule has 6 atom stereocenters. The number of rotatable bonds is 23. The summed E-state index contributed by atoms with van der Waals surface area (Å²) in [5, 5.41) is -1.02. The molecule has 0 amide bonds. The lowest BCUT2D eigenvalue weighted by Gasteiger charge is -2.18. The number of hydrogen-bond acceptors (Lipinski definition) is 25. The molecule has 7 heterocycles. The van der Waals surface area contributed by atoms with E-state index in [-0.39, 0.29) is 66.6 Å². The Kier molecular flexibility index (Phi) is 29.5. The van der Waals surface area contributed by atoms with Gasteiger partial charge in [0.25, 0.3) is 35.6 Å². The molecular formula is C80H88N18O25S11. The normalized spacial score (nSPS) is 14.7. The number of H-pyrrole nitrogens is 6. The molecule has 6 unspecified atom stereocenters. The highest BCUT2D eigenvalue weighted by Crippen LogP contribution is 2.32. The van der Waals surface area contributed by atoms with Crippen molar-refractivity contribution in [1.82, 2.24) is 73.5 Å². The average Bonchev–Trinajstić information content (AvgIpc) is 1.51. The fraction of sp³-hybridized carbons (Fsp3) is 0.138. The van der Waals surface area contributed by atoms with Crippen LogP contribution in [0.25, 0.3) is 71.9 Å². The van der Waals surface area contributed by atoms with Crippen LogP contribution < -0.4 is 29.2 Å². The monoisotopic (exact) mass is 2050 g/mol. The van der Waals surface area contributed by atoms with Gasteiger partial charge in [0.2, 0.25) is 41.0 Å². The molecule has 0 aliphatic carbocycles. The Bertz CT molecular complexity index is 8690. The lowest BCUT2D eigenvalue weighted by atomic mass is 10.2. The second-order valence-corrected chi connectivity index (χ2v) is 48.0. The molecule has 43 nitrogen and oxygen atoms in total. The van der Waals surface area contributed by atoms with Crippen molar-refractivity contribution in [3.63, 3.8) is 0 Å². The molecule has 9 aromatic carbocycles. The van der Waals surface area contributed by atoms with Crippen LogP contribution in [-0.2, 0) is 116 Å². The molecule has 0 saturated heterocycles. The Labute approximate surface area is 769 Å². The van der Waals surface area contributed by atoms with Gasteiger partial charge < -0.3 is 66.7 Å². The molecule has 0 aliphatic heterocycles. The van der Waals surface area contributed by atoms with Crippen molar-refractivity contribution in [1.29, 1.82) is 0 Å². The van der Waals surface area contributed by atoms with Crippen LogP contribution in [0.2, 0.25) is 0 Å². The first-order valence-corrected chi connectivity index (χ1v) is 56.0. The van der Waals surface area contributed by atoms with E-state index in [2.05, 4.69) is 109 Å². The standard InChI is InChI=1S/C19H19N5O5S2.C15H15N3O5S2.C15H15N3O4S2.C12H17N3O4S2.C10H12N2O3S.C9H10N2O4S2/c1-12-17(18(25)24(23(12)2)13-7-5-4-6-8-13)22-31(28,29)14-9-10-15-16(11-14)21-19(20-15)30(3,26)27;1-23-14-6-4-3-5-12(14)18-25(21,22)10-7-8-11-13(9-10)17-15(16-11)24(2,19)20;1-10-3-5-11(6-4-10)18-24(21,22)12-7-8-13-14(9-12)17-15(16-13)23(2,19)20;1-4-15(5-2)21(18,19)9-6-7-10-11(8-9)14-12(13-10)20(3,16)17;1-6-4-7-8(5-9(6)15-2)12-10(11-7)16(3,13)14;1-16(12,13)6-3-4-7-8(5-6)11-9(10-7)17(2,14)15/h4-11,22H,3H2,1-2H3,(H,20,21)(H,26,27);3-9,18H,2H2,1H3,(H,16,17)(H,19,20);3-9,18H,2H2,1H3,(H,16,17)(H,19,20);6-8H,3-5H2,1-2H3,(H,13,14)(H,16,17);4-5H,3H2,1-2H3,(H,11,12)(H,13,14);3-5H,2H2,1H3,(H,10,11)(H,14,15). The summed E-state index contributed by atoms with van der Waals surface area (Å²) in [6.07, 6.45) is 1.09. The number of nitrogens with one attached hydrogen (secondary N) is 9. The Morgan fingerprint density at radius 2 is 0.701 bits per heavy atom. The smallest absolute Gasteiger partial charge is 0.296 e. The maximum atomic E-state index is 13.0. The maximum Gasteiger partial charge on any atom is 0.296 e. The Morgan fingerprint density at radius 3 is 1.07 bits per heavy atom. The van der Waals surface area contributed by atoms with E-state index in [0.29, 0.717) is 108 Å². The molecule has 0 radical (unpaired) electrons. The Morgan fingerprint density at radius 1 is 0.381 bits per heavy atom. The topological polar surface area (TPSA) is 651 Å². The summed E-state index contributed by atoms with van der Waals surface area (Å²) in [6.45, 7) is 9.69. The zero-order valence-corrected chi connectivity index (χ0v) is 80.9. The molecule has 0 bridgehead atoms. The number of benzene rings is 9. The van der Waals surface area contributed by atoms with E-state index in [1.54, 1.807) is 118 Å². The van der Waals surface area contributed by atoms with Gasteiger partial charge in [-0.3, -0.25) is 23.6 Å². The van der Waals surface area contributed by atoms with Crippen molar-refractivity contribution >= 4 is 227 Å². The summed E-state index contributed by atoms with van der Waals surface area (Å²) < 4.78 is 271. The van der Waals surface area contributed by atoms with Crippen molar-refractivity contribution in [3.8, 4) is 17.2 Å². The minimum absolute atomic E-state index is 0.0132. The number of hydrogen-bond donors (Lipinski definition) is 15. The van der Waals surface area contributed by atoms with Gasteiger partial charge in [-0.1, -0.05) is 61.9 Å². The third kappa shape index (κ3) is 23.9. The van der Waals surface area contributed by atoms with E-state index in [1.807, 2.05) is 26.0 Å². The van der Waals surface area contributed by atoms with E-state index < -0.39 is 114 Å². The van der Waals surface area contributed by atoms with Crippen LogP contribution in [0.5, 0.6) is 11.5 Å². The van der Waals surface area contributed by atoms with Crippen LogP contribution >= 0.6 is 0 Å². The Balaban J connectivity index is 0.000000157. The van der Waals surface area contributed by atoms with Crippen LogP contribution in [-0.4, -0.2) is 237 Å². The van der Waals surface area contributed by atoms with Crippen molar-refractivity contribution < 1.29 is 104 Å². The average molecular weight is 2050 g/mol. The molecule has 15 N–H and O–H groups in total. The number of imidazole rings is 6. The minimum Gasteiger partial charge on any atom is -0.496 e. The number of aromatic nitrogens is 14. The van der Waals surface area contributed by atoms with Gasteiger partial charge in [0.05, 0.1) is 122 Å². The highest BCUT2D eigenvalue weighted by Gasteiger charge is 2.28. The van der Waals surface area contributed by atoms with Gasteiger partial charge in [0, 0.05) is 38.1 Å². The first-order valence-electron chi connectivity index (χ1n) is 38.1. The third-order valence-corrected chi connectivity index (χ3v) is 31.1. The van der Waals surface area contributed by atoms with Crippen LogP contribution in [0.15, 0.2) is 242 Å². The molecule has 0 aliphatic rings. The van der Waals surface area contributed by atoms with Crippen LogP contribution in [0.1, 0.15) is 30.7 Å². The quantitative estimate of drug-likeness (QED) is 0.0266. The Hall–Kier alpha value is -12.6. The van der Waals surface area contributed by atoms with Gasteiger partial charge in [0.15, 0.2) is 9.84 Å². The number of methoxy groups -OCH3 is 2. The first kappa shape index (κ1) is 102. The van der Waals surface area contributed by atoms with Gasteiger partial charge in [-0.15, -0.1) is 0 Å². The molecule has 0 spiro atoms. The zero-order chi connectivity index (χ0) is 98.9. The first-order chi connectivity index (χ1) is 62.1. The second-order valence-electron chi connectivity index (χ2n) is 29.0. The van der Waals surface area contributed by atoms with Crippen LogP contribution in [0.4, 0.5) is 17.1 Å². The van der Waals surface area contributed by atoms with E-state index in [4.69, 9.17) is 9.47 Å². The molecule has 0 fully saturated rings. The van der Waals surface area contributed by atoms with Gasteiger partial charge in [-0.05, 0) is 195 Å². The maximum absolute atomic E-state index is 13.0. The largest absolute Gasteiger partial charge is 0.496 e. The highest BCUT2D eigenvalue weighted by molar-refractivity contribution is 7.97. The number of aryl methyl sites for hydroxylation is 2. The number of nitrogens with zero attached hydrogens (tertiary/aromatic N) is 9. The van der Waals surface area contributed by atoms with Crippen molar-refractivity contribution in [2.75, 3.05) is 47.7 Å². The molecule has 714 valence electrons. The molecule has 7 aromatic heterocycles. The van der Waals surface area contributed by atoms with E-state index in [9.17, 15) is 99.5 Å². The number of anilines is 3. The number of fused-ring (bicyclic) bond motifs is 6. The van der Waals surface area contributed by atoms with Crippen molar-refractivity contribution in [2.24, 2.45) is 7.05 Å². The molecule has 54 heteroatoms. The highest BCUT2D eigenvalue weighted by atomic mass is 32.2. The van der Waals surface area contributed by atoms with E-state index in [0.717, 1.165) is 17.4 Å². The predicted molar refractivity (Wildman–Crippen MR) is 520 cm³/mol. The molecule has 0 saturated carbocycles. The SMILES string of the molecule is C=S(=O)(O)c1nc2cc(OC)c(C)cc2[nH]1.C=S(=O)(O)c1nc2ccc(S(=O)(=O)N(CC)CC)cc2[nH]1.C=S(=O)(O)c1nc2ccc(S(=O)(=O)Nc3c(C)n(C)n(-c4ccccc4)c3=O)cc2[nH]1.C=S(=O)(O)c1nc2ccc(S(=O)(=O)Nc3ccc(C)cc3)cc2[nH]1.C=S(=O)(O)c1nc2ccc(S(=O)(=O)Nc3ccccc3OC)cc2[nH]1.C=S(=O)(O)c1nc2ccc(S(C)(=O)=O)cc2[nH]1. The van der Waals surface area contributed by atoms with Crippen molar-refractivity contribution in [3.05, 3.63) is 209 Å². The lowest BCUT2D eigenvalue weighted by Crippen LogP contribution is -2.30.